The van der Waals surface area contributed by atoms with Crippen LogP contribution in [0.15, 0.2) is 0 Å². The first-order valence-electron chi connectivity index (χ1n) is 5.73. The van der Waals surface area contributed by atoms with Crippen molar-refractivity contribution in [3.8, 4) is 0 Å². The smallest absolute Gasteiger partial charge is 0.409 e. The van der Waals surface area contributed by atoms with Gasteiger partial charge in [0.1, 0.15) is 0 Å². The first kappa shape index (κ1) is 13.3. The third-order valence-electron chi connectivity index (χ3n) is 3.41. The minimum Gasteiger partial charge on any atom is -0.453 e. The second-order valence-corrected chi connectivity index (χ2v) is 5.53. The average molecular weight is 229 g/mol. The molecule has 0 radical (unpaired) electrons. The summed E-state index contributed by atoms with van der Waals surface area (Å²) in [5, 5.41) is 0. The number of ether oxygens (including phenoxy) is 2. The van der Waals surface area contributed by atoms with Crippen LogP contribution in [0.2, 0.25) is 0 Å². The number of amides is 1. The van der Waals surface area contributed by atoms with Gasteiger partial charge in [-0.05, 0) is 17.8 Å². The highest BCUT2D eigenvalue weighted by Crippen LogP contribution is 2.37. The van der Waals surface area contributed by atoms with E-state index in [1.165, 1.54) is 7.11 Å². The van der Waals surface area contributed by atoms with Crippen LogP contribution in [0.25, 0.3) is 0 Å². The Bertz CT molecular complexity index is 247. The van der Waals surface area contributed by atoms with Crippen molar-refractivity contribution >= 4 is 6.09 Å². The summed E-state index contributed by atoms with van der Waals surface area (Å²) in [6, 6.07) is 0.154. The molecule has 1 aliphatic rings. The zero-order valence-corrected chi connectivity index (χ0v) is 10.9. The van der Waals surface area contributed by atoms with Gasteiger partial charge in [-0.3, -0.25) is 0 Å². The quantitative estimate of drug-likeness (QED) is 0.728. The maximum Gasteiger partial charge on any atom is 0.409 e. The molecule has 1 saturated heterocycles. The van der Waals surface area contributed by atoms with Crippen molar-refractivity contribution in [2.75, 3.05) is 27.4 Å². The lowest BCUT2D eigenvalue weighted by Crippen LogP contribution is -2.38. The minimum absolute atomic E-state index is 0.154. The van der Waals surface area contributed by atoms with E-state index in [4.69, 9.17) is 9.47 Å². The summed E-state index contributed by atoms with van der Waals surface area (Å²) in [7, 11) is 3.09. The van der Waals surface area contributed by atoms with Gasteiger partial charge in [0, 0.05) is 13.7 Å². The van der Waals surface area contributed by atoms with Gasteiger partial charge in [-0.1, -0.05) is 20.8 Å². The van der Waals surface area contributed by atoms with Crippen LogP contribution < -0.4 is 0 Å². The molecule has 0 bridgehead atoms. The molecule has 0 saturated carbocycles. The third-order valence-corrected chi connectivity index (χ3v) is 3.41. The van der Waals surface area contributed by atoms with E-state index < -0.39 is 0 Å². The Balaban J connectivity index is 2.72. The number of hydrogen-bond donors (Lipinski definition) is 0. The molecule has 4 nitrogen and oxygen atoms in total. The number of likely N-dealkylation sites (tertiary alicyclic amines) is 1. The number of hydrogen-bond acceptors (Lipinski definition) is 3. The van der Waals surface area contributed by atoms with Crippen LogP contribution in [-0.4, -0.2) is 44.4 Å². The van der Waals surface area contributed by atoms with Crippen molar-refractivity contribution in [2.45, 2.75) is 33.2 Å². The second-order valence-electron chi connectivity index (χ2n) is 5.53. The van der Waals surface area contributed by atoms with Crippen molar-refractivity contribution < 1.29 is 14.3 Å². The lowest BCUT2D eigenvalue weighted by atomic mass is 9.79. The number of carbonyl (C=O) groups is 1. The summed E-state index contributed by atoms with van der Waals surface area (Å²) >= 11 is 0. The third kappa shape index (κ3) is 2.88. The van der Waals surface area contributed by atoms with Crippen LogP contribution in [0, 0.1) is 11.3 Å². The average Bonchev–Trinajstić information content (AvgIpc) is 2.61. The van der Waals surface area contributed by atoms with Crippen LogP contribution in [0.4, 0.5) is 4.79 Å². The summed E-state index contributed by atoms with van der Waals surface area (Å²) < 4.78 is 9.97. The van der Waals surface area contributed by atoms with E-state index in [1.807, 2.05) is 0 Å². The predicted octanol–water partition coefficient (Wildman–Crippen LogP) is 2.14. The zero-order valence-electron chi connectivity index (χ0n) is 10.9. The standard InChI is InChI=1S/C12H23NO3/c1-12(2,3)9-6-10(8-15-4)13(7-9)11(14)16-5/h9-10H,6-8H2,1-5H3/t9-,10-/m1/s1. The highest BCUT2D eigenvalue weighted by atomic mass is 16.5. The normalized spacial score (nSPS) is 25.9. The number of methoxy groups -OCH3 is 2. The summed E-state index contributed by atoms with van der Waals surface area (Å²) in [6.45, 7) is 7.98. The summed E-state index contributed by atoms with van der Waals surface area (Å²) in [6.07, 6.45) is 0.751. The molecule has 1 fully saturated rings. The van der Waals surface area contributed by atoms with E-state index in [-0.39, 0.29) is 17.6 Å². The van der Waals surface area contributed by atoms with E-state index in [0.717, 1.165) is 13.0 Å². The van der Waals surface area contributed by atoms with E-state index in [9.17, 15) is 4.79 Å². The molecule has 16 heavy (non-hydrogen) atoms. The SMILES string of the molecule is COC[C@H]1C[C@@H](C(C)(C)C)CN1C(=O)OC. The van der Waals surface area contributed by atoms with E-state index in [2.05, 4.69) is 20.8 Å². The molecule has 1 amide bonds. The van der Waals surface area contributed by atoms with Crippen molar-refractivity contribution in [3.05, 3.63) is 0 Å². The Morgan fingerprint density at radius 3 is 2.44 bits per heavy atom. The van der Waals surface area contributed by atoms with E-state index >= 15 is 0 Å². The van der Waals surface area contributed by atoms with Gasteiger partial charge in [-0.25, -0.2) is 4.79 Å². The van der Waals surface area contributed by atoms with Gasteiger partial charge in [-0.15, -0.1) is 0 Å². The molecular weight excluding hydrogens is 206 g/mol. The van der Waals surface area contributed by atoms with Crippen LogP contribution in [0.5, 0.6) is 0 Å². The molecule has 94 valence electrons. The summed E-state index contributed by atoms with van der Waals surface area (Å²) in [5.41, 5.74) is 0.217. The van der Waals surface area contributed by atoms with Gasteiger partial charge in [0.05, 0.1) is 19.8 Å². The number of nitrogens with zero attached hydrogens (tertiary/aromatic N) is 1. The molecule has 1 heterocycles. The van der Waals surface area contributed by atoms with E-state index in [0.29, 0.717) is 12.5 Å². The maximum atomic E-state index is 11.6. The number of carbonyl (C=O) groups excluding carboxylic acids is 1. The highest BCUT2D eigenvalue weighted by Gasteiger charge is 2.40. The largest absolute Gasteiger partial charge is 0.453 e. The van der Waals surface area contributed by atoms with Crippen molar-refractivity contribution in [1.82, 2.24) is 4.90 Å². The molecular formula is C12H23NO3. The monoisotopic (exact) mass is 229 g/mol. The van der Waals surface area contributed by atoms with Gasteiger partial charge in [-0.2, -0.15) is 0 Å². The molecule has 0 aliphatic carbocycles. The van der Waals surface area contributed by atoms with Gasteiger partial charge in [0.2, 0.25) is 0 Å². The fraction of sp³-hybridized carbons (Fsp3) is 0.917. The molecule has 0 spiro atoms. The summed E-state index contributed by atoms with van der Waals surface area (Å²) in [5.74, 6) is 0.506. The van der Waals surface area contributed by atoms with Crippen molar-refractivity contribution in [1.29, 1.82) is 0 Å². The first-order valence-corrected chi connectivity index (χ1v) is 5.73. The first-order chi connectivity index (χ1) is 7.40. The van der Waals surface area contributed by atoms with Crippen LogP contribution in [-0.2, 0) is 9.47 Å². The Labute approximate surface area is 97.9 Å². The second kappa shape index (κ2) is 5.04. The zero-order chi connectivity index (χ0) is 12.3. The fourth-order valence-electron chi connectivity index (χ4n) is 2.24. The molecule has 0 N–H and O–H groups in total. The van der Waals surface area contributed by atoms with Gasteiger partial charge in [0.15, 0.2) is 0 Å². The Kier molecular flexibility index (Phi) is 4.19. The Morgan fingerprint density at radius 1 is 1.38 bits per heavy atom. The van der Waals surface area contributed by atoms with Gasteiger partial charge < -0.3 is 14.4 Å². The molecule has 1 aliphatic heterocycles. The highest BCUT2D eigenvalue weighted by molar-refractivity contribution is 5.68. The molecule has 1 rings (SSSR count). The lowest BCUT2D eigenvalue weighted by Gasteiger charge is -2.26. The Morgan fingerprint density at radius 2 is 2.00 bits per heavy atom. The maximum absolute atomic E-state index is 11.6. The molecule has 0 unspecified atom stereocenters. The van der Waals surface area contributed by atoms with Crippen LogP contribution >= 0.6 is 0 Å². The van der Waals surface area contributed by atoms with Crippen LogP contribution in [0.3, 0.4) is 0 Å². The minimum atomic E-state index is -0.242. The lowest BCUT2D eigenvalue weighted by molar-refractivity contribution is 0.0868. The van der Waals surface area contributed by atoms with Crippen LogP contribution in [0.1, 0.15) is 27.2 Å². The van der Waals surface area contributed by atoms with E-state index in [1.54, 1.807) is 12.0 Å². The predicted molar refractivity (Wildman–Crippen MR) is 62.3 cm³/mol. The molecule has 0 aromatic heterocycles. The Hall–Kier alpha value is -0.770. The number of rotatable bonds is 2. The fourth-order valence-corrected chi connectivity index (χ4v) is 2.24. The van der Waals surface area contributed by atoms with Crippen molar-refractivity contribution in [3.63, 3.8) is 0 Å². The summed E-state index contributed by atoms with van der Waals surface area (Å²) in [4.78, 5) is 13.4. The molecule has 2 atom stereocenters. The topological polar surface area (TPSA) is 38.8 Å². The van der Waals surface area contributed by atoms with Crippen molar-refractivity contribution in [2.24, 2.45) is 11.3 Å². The molecule has 4 heteroatoms. The molecule has 0 aromatic carbocycles. The van der Waals surface area contributed by atoms with Gasteiger partial charge >= 0.3 is 6.09 Å². The van der Waals surface area contributed by atoms with Gasteiger partial charge in [0.25, 0.3) is 0 Å². The molecule has 0 aromatic rings.